The summed E-state index contributed by atoms with van der Waals surface area (Å²) in [6, 6.07) is 0. The molecule has 2 unspecified atom stereocenters. The largest absolute Gasteiger partial charge is 0.380 e. The van der Waals surface area contributed by atoms with Crippen molar-refractivity contribution in [1.82, 2.24) is 13.9 Å². The minimum Gasteiger partial charge on any atom is -0.380 e. The van der Waals surface area contributed by atoms with Crippen LogP contribution in [-0.4, -0.2) is 69.5 Å². The Bertz CT molecular complexity index is 416. The van der Waals surface area contributed by atoms with Gasteiger partial charge in [-0.15, -0.1) is 0 Å². The second-order valence-corrected chi connectivity index (χ2v) is 8.01. The number of methoxy groups -OCH3 is 1. The van der Waals surface area contributed by atoms with Gasteiger partial charge in [-0.1, -0.05) is 6.92 Å². The van der Waals surface area contributed by atoms with E-state index >= 15 is 0 Å². The van der Waals surface area contributed by atoms with E-state index in [1.165, 1.54) is 0 Å². The van der Waals surface area contributed by atoms with Crippen LogP contribution < -0.4 is 5.32 Å². The van der Waals surface area contributed by atoms with E-state index in [-0.39, 0.29) is 6.10 Å². The van der Waals surface area contributed by atoms with Crippen LogP contribution in [0.15, 0.2) is 0 Å². The van der Waals surface area contributed by atoms with Gasteiger partial charge in [-0.25, -0.2) is 0 Å². The van der Waals surface area contributed by atoms with Gasteiger partial charge in [0.15, 0.2) is 0 Å². The van der Waals surface area contributed by atoms with E-state index in [9.17, 15) is 8.42 Å². The molecular formula is C14H29N3O3S. The first-order valence-electron chi connectivity index (χ1n) is 8.06. The maximum Gasteiger partial charge on any atom is 0.282 e. The van der Waals surface area contributed by atoms with Crippen LogP contribution in [0.4, 0.5) is 0 Å². The summed E-state index contributed by atoms with van der Waals surface area (Å²) in [6.45, 7) is 6.44. The molecule has 0 aliphatic carbocycles. The van der Waals surface area contributed by atoms with Gasteiger partial charge in [-0.05, 0) is 44.7 Å². The molecule has 2 atom stereocenters. The highest BCUT2D eigenvalue weighted by molar-refractivity contribution is 7.86. The summed E-state index contributed by atoms with van der Waals surface area (Å²) in [6.07, 6.45) is 4.03. The topological polar surface area (TPSA) is 61.9 Å². The molecule has 0 aromatic heterocycles. The molecule has 2 rings (SSSR count). The van der Waals surface area contributed by atoms with Crippen molar-refractivity contribution in [2.24, 2.45) is 5.92 Å². The number of hydrogen-bond acceptors (Lipinski definition) is 4. The Morgan fingerprint density at radius 2 is 1.95 bits per heavy atom. The molecule has 2 fully saturated rings. The average molecular weight is 319 g/mol. The molecular weight excluding hydrogens is 290 g/mol. The van der Waals surface area contributed by atoms with Gasteiger partial charge >= 0.3 is 0 Å². The van der Waals surface area contributed by atoms with Gasteiger partial charge in [0.2, 0.25) is 0 Å². The van der Waals surface area contributed by atoms with Crippen LogP contribution in [0.2, 0.25) is 0 Å². The van der Waals surface area contributed by atoms with Crippen molar-refractivity contribution in [1.29, 1.82) is 0 Å². The Hall–Kier alpha value is -0.210. The third-order valence-corrected chi connectivity index (χ3v) is 6.40. The number of hydrogen-bond donors (Lipinski definition) is 1. The highest BCUT2D eigenvalue weighted by Gasteiger charge is 2.37. The molecule has 0 saturated carbocycles. The molecule has 0 spiro atoms. The Kier molecular flexibility index (Phi) is 6.43. The van der Waals surface area contributed by atoms with Gasteiger partial charge in [-0.3, -0.25) is 0 Å². The highest BCUT2D eigenvalue weighted by atomic mass is 32.2. The van der Waals surface area contributed by atoms with E-state index in [0.717, 1.165) is 38.8 Å². The van der Waals surface area contributed by atoms with Crippen LogP contribution in [0, 0.1) is 5.92 Å². The van der Waals surface area contributed by atoms with Crippen LogP contribution >= 0.6 is 0 Å². The molecule has 21 heavy (non-hydrogen) atoms. The van der Waals surface area contributed by atoms with Crippen molar-refractivity contribution in [3.63, 3.8) is 0 Å². The quantitative estimate of drug-likeness (QED) is 0.701. The predicted octanol–water partition coefficient (Wildman–Crippen LogP) is 0.664. The van der Waals surface area contributed by atoms with Crippen molar-refractivity contribution < 1.29 is 13.2 Å². The predicted molar refractivity (Wildman–Crippen MR) is 83.4 cm³/mol. The maximum absolute atomic E-state index is 12.7. The summed E-state index contributed by atoms with van der Waals surface area (Å²) in [7, 11) is -1.66. The summed E-state index contributed by atoms with van der Waals surface area (Å²) in [5, 5.41) is 3.41. The summed E-state index contributed by atoms with van der Waals surface area (Å²) < 4.78 is 33.9. The van der Waals surface area contributed by atoms with Crippen molar-refractivity contribution in [3.8, 4) is 0 Å². The number of ether oxygens (including phenoxy) is 1. The van der Waals surface area contributed by atoms with Gasteiger partial charge in [0.05, 0.1) is 6.10 Å². The molecule has 0 bridgehead atoms. The zero-order valence-electron chi connectivity index (χ0n) is 13.3. The van der Waals surface area contributed by atoms with Gasteiger partial charge < -0.3 is 10.1 Å². The second kappa shape index (κ2) is 7.87. The second-order valence-electron chi connectivity index (χ2n) is 6.08. The highest BCUT2D eigenvalue weighted by Crippen LogP contribution is 2.24. The molecule has 2 aliphatic heterocycles. The molecule has 7 heteroatoms. The SMILES string of the molecule is CCCNCC1CCCN(S(=O)(=O)N2CCC(OC)C2)C1. The van der Waals surface area contributed by atoms with E-state index in [2.05, 4.69) is 12.2 Å². The van der Waals surface area contributed by atoms with Crippen molar-refractivity contribution in [2.45, 2.75) is 38.7 Å². The molecule has 2 aliphatic rings. The maximum atomic E-state index is 12.7. The fourth-order valence-electron chi connectivity index (χ4n) is 3.15. The van der Waals surface area contributed by atoms with Crippen LogP contribution in [-0.2, 0) is 14.9 Å². The minimum atomic E-state index is -3.31. The first kappa shape index (κ1) is 17.1. The molecule has 1 N–H and O–H groups in total. The molecule has 2 saturated heterocycles. The van der Waals surface area contributed by atoms with Gasteiger partial charge in [0.25, 0.3) is 10.2 Å². The third-order valence-electron chi connectivity index (χ3n) is 4.44. The van der Waals surface area contributed by atoms with Crippen molar-refractivity contribution in [3.05, 3.63) is 0 Å². The fourth-order valence-corrected chi connectivity index (χ4v) is 4.93. The molecule has 124 valence electrons. The monoisotopic (exact) mass is 319 g/mol. The van der Waals surface area contributed by atoms with Gasteiger partial charge in [0, 0.05) is 33.3 Å². The Balaban J connectivity index is 1.90. The molecule has 0 aromatic rings. The van der Waals surface area contributed by atoms with E-state index < -0.39 is 10.2 Å². The van der Waals surface area contributed by atoms with Crippen molar-refractivity contribution >= 4 is 10.2 Å². The zero-order chi connectivity index (χ0) is 15.3. The average Bonchev–Trinajstić information content (AvgIpc) is 2.97. The third kappa shape index (κ3) is 4.39. The van der Waals surface area contributed by atoms with E-state index in [1.807, 2.05) is 0 Å². The summed E-state index contributed by atoms with van der Waals surface area (Å²) in [5.41, 5.74) is 0. The van der Waals surface area contributed by atoms with Crippen LogP contribution in [0.1, 0.15) is 32.6 Å². The Morgan fingerprint density at radius 3 is 2.62 bits per heavy atom. The Morgan fingerprint density at radius 1 is 1.19 bits per heavy atom. The first-order valence-corrected chi connectivity index (χ1v) is 9.46. The standard InChI is InChI=1S/C14H29N3O3S/c1-3-7-15-10-13-5-4-8-16(11-13)21(18,19)17-9-6-14(12-17)20-2/h13-15H,3-12H2,1-2H3. The molecule has 0 radical (unpaired) electrons. The zero-order valence-corrected chi connectivity index (χ0v) is 14.1. The molecule has 6 nitrogen and oxygen atoms in total. The van der Waals surface area contributed by atoms with E-state index in [4.69, 9.17) is 4.74 Å². The normalized spacial score (nSPS) is 29.0. The Labute approximate surface area is 129 Å². The number of piperidine rings is 1. The van der Waals surface area contributed by atoms with Crippen LogP contribution in [0.3, 0.4) is 0 Å². The summed E-state index contributed by atoms with van der Waals surface area (Å²) in [5.74, 6) is 0.431. The fraction of sp³-hybridized carbons (Fsp3) is 1.00. The minimum absolute atomic E-state index is 0.0478. The lowest BCUT2D eigenvalue weighted by Crippen LogP contribution is -2.48. The number of rotatable bonds is 7. The van der Waals surface area contributed by atoms with Crippen LogP contribution in [0.5, 0.6) is 0 Å². The lowest BCUT2D eigenvalue weighted by Gasteiger charge is -2.34. The van der Waals surface area contributed by atoms with Gasteiger partial charge in [-0.2, -0.15) is 17.0 Å². The van der Waals surface area contributed by atoms with E-state index in [0.29, 0.717) is 32.1 Å². The summed E-state index contributed by atoms with van der Waals surface area (Å²) >= 11 is 0. The number of nitrogens with zero attached hydrogens (tertiary/aromatic N) is 2. The molecule has 2 heterocycles. The number of nitrogens with one attached hydrogen (secondary N) is 1. The smallest absolute Gasteiger partial charge is 0.282 e. The summed E-state index contributed by atoms with van der Waals surface area (Å²) in [4.78, 5) is 0. The van der Waals surface area contributed by atoms with E-state index in [1.54, 1.807) is 15.7 Å². The lowest BCUT2D eigenvalue weighted by molar-refractivity contribution is 0.114. The van der Waals surface area contributed by atoms with Gasteiger partial charge in [0.1, 0.15) is 0 Å². The molecule has 0 amide bonds. The van der Waals surface area contributed by atoms with Crippen molar-refractivity contribution in [2.75, 3.05) is 46.4 Å². The molecule has 0 aromatic carbocycles. The lowest BCUT2D eigenvalue weighted by atomic mass is 10.00. The first-order chi connectivity index (χ1) is 10.1. The van der Waals surface area contributed by atoms with Crippen LogP contribution in [0.25, 0.3) is 0 Å².